The highest BCUT2D eigenvalue weighted by Gasteiger charge is 2.09. The number of nitrogen functional groups attached to an aromatic ring is 1. The molecular weight excluding hydrogens is 234 g/mol. The summed E-state index contributed by atoms with van der Waals surface area (Å²) in [6.45, 7) is 2.39. The Morgan fingerprint density at radius 2 is 2.33 bits per heavy atom. The van der Waals surface area contributed by atoms with E-state index in [2.05, 4.69) is 15.5 Å². The Labute approximate surface area is 103 Å². The van der Waals surface area contributed by atoms with Crippen molar-refractivity contribution in [2.75, 3.05) is 11.1 Å². The van der Waals surface area contributed by atoms with Gasteiger partial charge in [0.2, 0.25) is 0 Å². The smallest absolute Gasteiger partial charge is 0.273 e. The van der Waals surface area contributed by atoms with Gasteiger partial charge in [-0.3, -0.25) is 14.7 Å². The Kier molecular flexibility index (Phi) is 3.13. The van der Waals surface area contributed by atoms with Crippen molar-refractivity contribution in [1.29, 1.82) is 0 Å². The average Bonchev–Trinajstić information content (AvgIpc) is 2.78. The molecule has 0 fully saturated rings. The minimum Gasteiger partial charge on any atom is -0.382 e. The number of anilines is 2. The van der Waals surface area contributed by atoms with Crippen LogP contribution in [0, 0.1) is 0 Å². The van der Waals surface area contributed by atoms with Crippen LogP contribution >= 0.6 is 0 Å². The fourth-order valence-electron chi connectivity index (χ4n) is 1.50. The Bertz CT molecular complexity index is 628. The van der Waals surface area contributed by atoms with Crippen LogP contribution in [0.2, 0.25) is 0 Å². The maximum Gasteiger partial charge on any atom is 0.273 e. The first kappa shape index (κ1) is 11.9. The molecule has 0 radical (unpaired) electrons. The summed E-state index contributed by atoms with van der Waals surface area (Å²) >= 11 is 0. The third-order valence-electron chi connectivity index (χ3n) is 2.42. The van der Waals surface area contributed by atoms with E-state index in [9.17, 15) is 9.59 Å². The van der Waals surface area contributed by atoms with Crippen molar-refractivity contribution >= 4 is 17.4 Å². The lowest BCUT2D eigenvalue weighted by molar-refractivity contribution is 0.102. The molecule has 1 amide bonds. The van der Waals surface area contributed by atoms with E-state index in [1.54, 1.807) is 12.3 Å². The molecule has 0 aliphatic heterocycles. The fourth-order valence-corrected chi connectivity index (χ4v) is 1.50. The topological polar surface area (TPSA) is 106 Å². The van der Waals surface area contributed by atoms with Gasteiger partial charge in [-0.15, -0.1) is 0 Å². The molecule has 94 valence electrons. The molecule has 2 rings (SSSR count). The van der Waals surface area contributed by atoms with E-state index in [1.165, 1.54) is 16.7 Å². The second-order valence-electron chi connectivity index (χ2n) is 3.70. The molecule has 0 aromatic carbocycles. The van der Waals surface area contributed by atoms with E-state index in [0.717, 1.165) is 0 Å². The van der Waals surface area contributed by atoms with Gasteiger partial charge in [-0.2, -0.15) is 5.10 Å². The number of amides is 1. The highest BCUT2D eigenvalue weighted by molar-refractivity contribution is 6.03. The van der Waals surface area contributed by atoms with Gasteiger partial charge in [0.25, 0.3) is 11.5 Å². The van der Waals surface area contributed by atoms with Crippen molar-refractivity contribution in [2.45, 2.75) is 13.5 Å². The van der Waals surface area contributed by atoms with Gasteiger partial charge < -0.3 is 15.6 Å². The molecule has 0 bridgehead atoms. The SMILES string of the molecule is CCn1cc(NC(=O)c2cc(N)n[nH]2)ccc1=O. The minimum absolute atomic E-state index is 0.110. The lowest BCUT2D eigenvalue weighted by Crippen LogP contribution is -2.19. The third-order valence-corrected chi connectivity index (χ3v) is 2.42. The number of aromatic nitrogens is 3. The summed E-state index contributed by atoms with van der Waals surface area (Å²) in [5, 5.41) is 8.82. The van der Waals surface area contributed by atoms with Gasteiger partial charge >= 0.3 is 0 Å². The van der Waals surface area contributed by atoms with Crippen LogP contribution in [0.25, 0.3) is 0 Å². The summed E-state index contributed by atoms with van der Waals surface area (Å²) in [6, 6.07) is 4.39. The normalized spacial score (nSPS) is 10.3. The Morgan fingerprint density at radius 1 is 1.56 bits per heavy atom. The lowest BCUT2D eigenvalue weighted by atomic mass is 10.3. The van der Waals surface area contributed by atoms with E-state index < -0.39 is 0 Å². The van der Waals surface area contributed by atoms with Crippen LogP contribution in [0.15, 0.2) is 29.2 Å². The van der Waals surface area contributed by atoms with Crippen LogP contribution in [0.4, 0.5) is 11.5 Å². The highest BCUT2D eigenvalue weighted by atomic mass is 16.2. The molecule has 2 heterocycles. The van der Waals surface area contributed by atoms with Gasteiger partial charge in [-0.05, 0) is 13.0 Å². The van der Waals surface area contributed by atoms with Crippen molar-refractivity contribution in [2.24, 2.45) is 0 Å². The van der Waals surface area contributed by atoms with Gasteiger partial charge in [0.15, 0.2) is 0 Å². The summed E-state index contributed by atoms with van der Waals surface area (Å²) in [5.41, 5.74) is 6.10. The largest absolute Gasteiger partial charge is 0.382 e. The monoisotopic (exact) mass is 247 g/mol. The van der Waals surface area contributed by atoms with Crippen LogP contribution in [0.5, 0.6) is 0 Å². The van der Waals surface area contributed by atoms with Crippen molar-refractivity contribution < 1.29 is 4.79 Å². The molecular formula is C11H13N5O2. The number of hydrogen-bond acceptors (Lipinski definition) is 4. The number of nitrogens with two attached hydrogens (primary N) is 1. The van der Waals surface area contributed by atoms with Crippen LogP contribution in [-0.4, -0.2) is 20.7 Å². The van der Waals surface area contributed by atoms with Gasteiger partial charge in [-0.1, -0.05) is 0 Å². The maximum atomic E-state index is 11.8. The Morgan fingerprint density at radius 3 is 2.94 bits per heavy atom. The molecule has 0 spiro atoms. The summed E-state index contributed by atoms with van der Waals surface area (Å²) in [7, 11) is 0. The summed E-state index contributed by atoms with van der Waals surface area (Å²) in [4.78, 5) is 23.2. The molecule has 18 heavy (non-hydrogen) atoms. The van der Waals surface area contributed by atoms with E-state index in [1.807, 2.05) is 6.92 Å². The van der Waals surface area contributed by atoms with Crippen LogP contribution in [-0.2, 0) is 6.54 Å². The Balaban J connectivity index is 2.19. The number of aryl methyl sites for hydroxylation is 1. The first-order chi connectivity index (χ1) is 8.60. The lowest BCUT2D eigenvalue weighted by Gasteiger charge is -2.06. The minimum atomic E-state index is -0.361. The van der Waals surface area contributed by atoms with Gasteiger partial charge in [0.1, 0.15) is 11.5 Å². The summed E-state index contributed by atoms with van der Waals surface area (Å²) in [5.74, 6) is -0.112. The quantitative estimate of drug-likeness (QED) is 0.731. The van der Waals surface area contributed by atoms with Crippen molar-refractivity contribution in [1.82, 2.24) is 14.8 Å². The number of rotatable bonds is 3. The standard InChI is InChI=1S/C11H13N5O2/c1-2-16-6-7(3-4-10(16)17)13-11(18)8-5-9(12)15-14-8/h3-6H,2H2,1H3,(H,13,18)(H3,12,14,15). The third kappa shape index (κ3) is 2.40. The maximum absolute atomic E-state index is 11.8. The molecule has 7 nitrogen and oxygen atoms in total. The van der Waals surface area contributed by atoms with E-state index in [-0.39, 0.29) is 23.0 Å². The van der Waals surface area contributed by atoms with Gasteiger partial charge in [0.05, 0.1) is 5.69 Å². The van der Waals surface area contributed by atoms with E-state index >= 15 is 0 Å². The fraction of sp³-hybridized carbons (Fsp3) is 0.182. The number of nitrogens with zero attached hydrogens (tertiary/aromatic N) is 2. The van der Waals surface area contributed by atoms with E-state index in [0.29, 0.717) is 12.2 Å². The molecule has 0 unspecified atom stereocenters. The summed E-state index contributed by atoms with van der Waals surface area (Å²) in [6.07, 6.45) is 1.58. The zero-order valence-electron chi connectivity index (χ0n) is 9.80. The molecule has 2 aromatic heterocycles. The molecule has 0 saturated carbocycles. The van der Waals surface area contributed by atoms with Crippen molar-refractivity contribution in [3.8, 4) is 0 Å². The zero-order valence-corrected chi connectivity index (χ0v) is 9.80. The molecule has 0 aliphatic carbocycles. The highest BCUT2D eigenvalue weighted by Crippen LogP contribution is 2.07. The predicted octanol–water partition coefficient (Wildman–Crippen LogP) is 0.426. The molecule has 0 atom stereocenters. The van der Waals surface area contributed by atoms with Gasteiger partial charge in [0, 0.05) is 24.9 Å². The van der Waals surface area contributed by atoms with Crippen LogP contribution in [0.1, 0.15) is 17.4 Å². The first-order valence-corrected chi connectivity index (χ1v) is 5.43. The first-order valence-electron chi connectivity index (χ1n) is 5.43. The number of aromatic amines is 1. The second kappa shape index (κ2) is 4.74. The second-order valence-corrected chi connectivity index (χ2v) is 3.70. The number of nitrogens with one attached hydrogen (secondary N) is 2. The molecule has 0 aliphatic rings. The Hall–Kier alpha value is -2.57. The zero-order chi connectivity index (χ0) is 13.1. The number of carbonyl (C=O) groups excluding carboxylic acids is 1. The summed E-state index contributed by atoms with van der Waals surface area (Å²) < 4.78 is 1.50. The van der Waals surface area contributed by atoms with Crippen LogP contribution < -0.4 is 16.6 Å². The van der Waals surface area contributed by atoms with Crippen LogP contribution in [0.3, 0.4) is 0 Å². The van der Waals surface area contributed by atoms with Crippen molar-refractivity contribution in [3.63, 3.8) is 0 Å². The average molecular weight is 247 g/mol. The molecule has 7 heteroatoms. The number of pyridine rings is 1. The molecule has 2 aromatic rings. The molecule has 0 saturated heterocycles. The number of carbonyl (C=O) groups is 1. The number of H-pyrrole nitrogens is 1. The predicted molar refractivity (Wildman–Crippen MR) is 67.3 cm³/mol. The number of hydrogen-bond donors (Lipinski definition) is 3. The van der Waals surface area contributed by atoms with Gasteiger partial charge in [-0.25, -0.2) is 0 Å². The van der Waals surface area contributed by atoms with Crippen molar-refractivity contribution in [3.05, 3.63) is 40.4 Å². The molecule has 4 N–H and O–H groups in total. The van der Waals surface area contributed by atoms with E-state index in [4.69, 9.17) is 5.73 Å².